The quantitative estimate of drug-likeness (QED) is 0.865. The van der Waals surface area contributed by atoms with Crippen molar-refractivity contribution in [3.05, 3.63) is 65.0 Å². The van der Waals surface area contributed by atoms with Crippen LogP contribution in [0.1, 0.15) is 42.1 Å². The molecule has 2 nitrogen and oxygen atoms in total. The highest BCUT2D eigenvalue weighted by atomic mass is 14.9. The van der Waals surface area contributed by atoms with Gasteiger partial charge in [0.05, 0.1) is 0 Å². The second kappa shape index (κ2) is 6.19. The molecule has 1 aliphatic rings. The van der Waals surface area contributed by atoms with Crippen molar-refractivity contribution >= 4 is 0 Å². The molecule has 104 valence electrons. The lowest BCUT2D eigenvalue weighted by molar-refractivity contribution is 0.683. The van der Waals surface area contributed by atoms with Gasteiger partial charge in [-0.25, -0.2) is 0 Å². The zero-order valence-corrected chi connectivity index (χ0v) is 12.1. The van der Waals surface area contributed by atoms with Gasteiger partial charge >= 0.3 is 0 Å². The first-order chi connectivity index (χ1) is 9.85. The molecule has 0 aliphatic heterocycles. The molecule has 0 radical (unpaired) electrons. The Morgan fingerprint density at radius 2 is 1.90 bits per heavy atom. The first-order valence-electron chi connectivity index (χ1n) is 7.59. The number of nitrogens with zero attached hydrogens (tertiary/aromatic N) is 1. The van der Waals surface area contributed by atoms with Gasteiger partial charge < -0.3 is 5.32 Å². The minimum absolute atomic E-state index is 0.755. The number of nitrogens with one attached hydrogen (secondary N) is 1. The molecular formula is C18H22N2. The number of pyridine rings is 1. The topological polar surface area (TPSA) is 24.9 Å². The third kappa shape index (κ3) is 3.45. The van der Waals surface area contributed by atoms with Crippen LogP contribution in [-0.4, -0.2) is 11.0 Å². The van der Waals surface area contributed by atoms with Crippen molar-refractivity contribution in [3.63, 3.8) is 0 Å². The van der Waals surface area contributed by atoms with Crippen LogP contribution >= 0.6 is 0 Å². The molecule has 0 amide bonds. The fourth-order valence-electron chi connectivity index (χ4n) is 2.41. The lowest BCUT2D eigenvalue weighted by Gasteiger charge is -2.10. The molecule has 1 aliphatic carbocycles. The van der Waals surface area contributed by atoms with Crippen LogP contribution in [-0.2, 0) is 19.4 Å². The molecule has 1 aromatic heterocycles. The van der Waals surface area contributed by atoms with Gasteiger partial charge in [0, 0.05) is 30.9 Å². The third-order valence-corrected chi connectivity index (χ3v) is 3.94. The van der Waals surface area contributed by atoms with Crippen molar-refractivity contribution in [1.29, 1.82) is 0 Å². The molecule has 20 heavy (non-hydrogen) atoms. The molecule has 1 saturated carbocycles. The van der Waals surface area contributed by atoms with Gasteiger partial charge in [0.2, 0.25) is 0 Å². The van der Waals surface area contributed by atoms with Gasteiger partial charge in [-0.05, 0) is 42.0 Å². The number of rotatable bonds is 6. The molecular weight excluding hydrogens is 244 g/mol. The summed E-state index contributed by atoms with van der Waals surface area (Å²) < 4.78 is 0. The van der Waals surface area contributed by atoms with E-state index in [0.29, 0.717) is 0 Å². The van der Waals surface area contributed by atoms with Gasteiger partial charge in [-0.15, -0.1) is 0 Å². The molecule has 0 bridgehead atoms. The highest BCUT2D eigenvalue weighted by Crippen LogP contribution is 2.20. The summed E-state index contributed by atoms with van der Waals surface area (Å²) >= 11 is 0. The Hall–Kier alpha value is -1.67. The average molecular weight is 266 g/mol. The zero-order valence-electron chi connectivity index (χ0n) is 12.1. The van der Waals surface area contributed by atoms with Gasteiger partial charge in [0.25, 0.3) is 0 Å². The van der Waals surface area contributed by atoms with Crippen LogP contribution in [0.25, 0.3) is 0 Å². The summed E-state index contributed by atoms with van der Waals surface area (Å²) in [5.74, 6) is 0. The number of aromatic nitrogens is 1. The molecule has 0 atom stereocenters. The summed E-state index contributed by atoms with van der Waals surface area (Å²) in [6.07, 6.45) is 6.65. The van der Waals surface area contributed by atoms with E-state index in [-0.39, 0.29) is 0 Å². The SMILES string of the molecule is CCc1ccc(Cc2ccccc2CNC2CC2)nc1. The predicted molar refractivity (Wildman–Crippen MR) is 82.7 cm³/mol. The minimum atomic E-state index is 0.755. The molecule has 0 unspecified atom stereocenters. The molecule has 1 aromatic carbocycles. The lowest BCUT2D eigenvalue weighted by Crippen LogP contribution is -2.16. The average Bonchev–Trinajstić information content (AvgIpc) is 3.31. The van der Waals surface area contributed by atoms with Crippen LogP contribution in [0.3, 0.4) is 0 Å². The summed E-state index contributed by atoms with van der Waals surface area (Å²) in [5, 5.41) is 3.60. The van der Waals surface area contributed by atoms with Crippen molar-refractivity contribution < 1.29 is 0 Å². The number of hydrogen-bond acceptors (Lipinski definition) is 2. The summed E-state index contributed by atoms with van der Waals surface area (Å²) in [6.45, 7) is 3.14. The van der Waals surface area contributed by atoms with Gasteiger partial charge in [0.15, 0.2) is 0 Å². The molecule has 1 heterocycles. The smallest absolute Gasteiger partial charge is 0.0447 e. The summed E-state index contributed by atoms with van der Waals surface area (Å²) in [4.78, 5) is 4.57. The highest BCUT2D eigenvalue weighted by molar-refractivity contribution is 5.31. The van der Waals surface area contributed by atoms with Crippen molar-refractivity contribution in [2.45, 2.75) is 45.2 Å². The van der Waals surface area contributed by atoms with Crippen LogP contribution in [0, 0.1) is 0 Å². The van der Waals surface area contributed by atoms with Crippen molar-refractivity contribution in [1.82, 2.24) is 10.3 Å². The second-order valence-electron chi connectivity index (χ2n) is 5.61. The molecule has 2 aromatic rings. The van der Waals surface area contributed by atoms with E-state index in [1.54, 1.807) is 0 Å². The number of hydrogen-bond donors (Lipinski definition) is 1. The molecule has 0 spiro atoms. The highest BCUT2D eigenvalue weighted by Gasteiger charge is 2.20. The fraction of sp³-hybridized carbons (Fsp3) is 0.389. The van der Waals surface area contributed by atoms with Crippen LogP contribution in [0.5, 0.6) is 0 Å². The summed E-state index contributed by atoms with van der Waals surface area (Å²) in [6, 6.07) is 13.8. The number of aryl methyl sites for hydroxylation is 1. The van der Waals surface area contributed by atoms with Gasteiger partial charge in [-0.2, -0.15) is 0 Å². The van der Waals surface area contributed by atoms with E-state index in [4.69, 9.17) is 0 Å². The Labute approximate surface area is 121 Å². The fourth-order valence-corrected chi connectivity index (χ4v) is 2.41. The predicted octanol–water partition coefficient (Wildman–Crippen LogP) is 3.49. The van der Waals surface area contributed by atoms with Crippen LogP contribution < -0.4 is 5.32 Å². The summed E-state index contributed by atoms with van der Waals surface area (Å²) in [7, 11) is 0. The Kier molecular flexibility index (Phi) is 4.12. The zero-order chi connectivity index (χ0) is 13.8. The minimum Gasteiger partial charge on any atom is -0.310 e. The standard InChI is InChI=1S/C18H22N2/c1-2-14-7-8-18(19-12-14)11-15-5-3-4-6-16(15)13-20-17-9-10-17/h3-8,12,17,20H,2,9-11,13H2,1H3. The first-order valence-corrected chi connectivity index (χ1v) is 7.59. The van der Waals surface area contributed by atoms with Crippen molar-refractivity contribution in [2.75, 3.05) is 0 Å². The van der Waals surface area contributed by atoms with E-state index in [9.17, 15) is 0 Å². The summed E-state index contributed by atoms with van der Waals surface area (Å²) in [5.41, 5.74) is 5.25. The normalized spacial score (nSPS) is 14.4. The van der Waals surface area contributed by atoms with E-state index < -0.39 is 0 Å². The van der Waals surface area contributed by atoms with E-state index in [1.165, 1.54) is 29.5 Å². The maximum atomic E-state index is 4.57. The van der Waals surface area contributed by atoms with Crippen LogP contribution in [0.4, 0.5) is 0 Å². The van der Waals surface area contributed by atoms with Crippen LogP contribution in [0.15, 0.2) is 42.6 Å². The van der Waals surface area contributed by atoms with Gasteiger partial charge in [-0.3, -0.25) is 4.98 Å². The van der Waals surface area contributed by atoms with Gasteiger partial charge in [-0.1, -0.05) is 37.3 Å². The second-order valence-corrected chi connectivity index (χ2v) is 5.61. The molecule has 3 rings (SSSR count). The van der Waals surface area contributed by atoms with Crippen LogP contribution in [0.2, 0.25) is 0 Å². The van der Waals surface area contributed by atoms with Crippen molar-refractivity contribution in [2.24, 2.45) is 0 Å². The van der Waals surface area contributed by atoms with E-state index in [2.05, 4.69) is 53.6 Å². The van der Waals surface area contributed by atoms with E-state index >= 15 is 0 Å². The third-order valence-electron chi connectivity index (χ3n) is 3.94. The van der Waals surface area contributed by atoms with E-state index in [0.717, 1.165) is 31.1 Å². The monoisotopic (exact) mass is 266 g/mol. The maximum absolute atomic E-state index is 4.57. The molecule has 1 N–H and O–H groups in total. The van der Waals surface area contributed by atoms with Crippen molar-refractivity contribution in [3.8, 4) is 0 Å². The Bertz CT molecular complexity index is 556. The Morgan fingerprint density at radius 1 is 1.10 bits per heavy atom. The molecule has 0 saturated heterocycles. The lowest BCUT2D eigenvalue weighted by atomic mass is 10.0. The Morgan fingerprint density at radius 3 is 2.55 bits per heavy atom. The molecule has 1 fully saturated rings. The largest absolute Gasteiger partial charge is 0.310 e. The van der Waals surface area contributed by atoms with E-state index in [1.807, 2.05) is 6.20 Å². The molecule has 2 heteroatoms. The maximum Gasteiger partial charge on any atom is 0.0447 e. The van der Waals surface area contributed by atoms with Gasteiger partial charge in [0.1, 0.15) is 0 Å². The Balaban J connectivity index is 1.71. The number of benzene rings is 1. The first kappa shape index (κ1) is 13.3.